The molecule has 1 rings (SSSR count). The first-order chi connectivity index (χ1) is 4.34. The van der Waals surface area contributed by atoms with E-state index in [1.54, 1.807) is 17.5 Å². The summed E-state index contributed by atoms with van der Waals surface area (Å²) in [5, 5.41) is 0. The molecule has 2 heteroatoms. The predicted octanol–water partition coefficient (Wildman–Crippen LogP) is 0.957. The Morgan fingerprint density at radius 3 is 2.89 bits per heavy atom. The SMILES string of the molecule is C=C[CH]N1CCCC1=O. The molecule has 1 heterocycles. The Labute approximate surface area is 55.2 Å². The highest BCUT2D eigenvalue weighted by molar-refractivity contribution is 5.78. The summed E-state index contributed by atoms with van der Waals surface area (Å²) in [6.07, 6.45) is 3.33. The molecule has 1 aliphatic heterocycles. The minimum atomic E-state index is 0.218. The zero-order chi connectivity index (χ0) is 6.69. The van der Waals surface area contributed by atoms with Crippen LogP contribution in [0.1, 0.15) is 12.8 Å². The molecule has 9 heavy (non-hydrogen) atoms. The van der Waals surface area contributed by atoms with Crippen LogP contribution in [-0.4, -0.2) is 17.4 Å². The summed E-state index contributed by atoms with van der Waals surface area (Å²) in [4.78, 5) is 12.5. The van der Waals surface area contributed by atoms with Gasteiger partial charge in [-0.25, -0.2) is 0 Å². The van der Waals surface area contributed by atoms with Crippen molar-refractivity contribution < 1.29 is 4.79 Å². The molecule has 0 bridgehead atoms. The van der Waals surface area contributed by atoms with Crippen molar-refractivity contribution in [3.63, 3.8) is 0 Å². The van der Waals surface area contributed by atoms with Gasteiger partial charge in [-0.05, 0) is 6.42 Å². The number of nitrogens with zero attached hydrogens (tertiary/aromatic N) is 1. The molecule has 1 aliphatic rings. The zero-order valence-corrected chi connectivity index (χ0v) is 5.34. The van der Waals surface area contributed by atoms with Gasteiger partial charge in [-0.1, -0.05) is 6.08 Å². The zero-order valence-electron chi connectivity index (χ0n) is 5.34. The van der Waals surface area contributed by atoms with Gasteiger partial charge in [0.1, 0.15) is 0 Å². The van der Waals surface area contributed by atoms with Gasteiger partial charge in [0.25, 0.3) is 0 Å². The van der Waals surface area contributed by atoms with Crippen LogP contribution in [0.25, 0.3) is 0 Å². The maximum atomic E-state index is 10.8. The molecular weight excluding hydrogens is 114 g/mol. The molecule has 0 aromatic heterocycles. The van der Waals surface area contributed by atoms with E-state index >= 15 is 0 Å². The molecule has 49 valence electrons. The lowest BCUT2D eigenvalue weighted by molar-refractivity contribution is -0.126. The summed E-state index contributed by atoms with van der Waals surface area (Å²) in [6.45, 7) is 6.11. The molecule has 0 saturated carbocycles. The van der Waals surface area contributed by atoms with E-state index < -0.39 is 0 Å². The molecule has 0 atom stereocenters. The molecule has 2 nitrogen and oxygen atoms in total. The van der Waals surface area contributed by atoms with Gasteiger partial charge in [0.15, 0.2) is 0 Å². The molecule has 0 spiro atoms. The fraction of sp³-hybridized carbons (Fsp3) is 0.429. The van der Waals surface area contributed by atoms with Crippen LogP contribution >= 0.6 is 0 Å². The highest BCUT2D eigenvalue weighted by Crippen LogP contribution is 2.10. The Morgan fingerprint density at radius 2 is 2.44 bits per heavy atom. The smallest absolute Gasteiger partial charge is 0.223 e. The highest BCUT2D eigenvalue weighted by atomic mass is 16.2. The van der Waals surface area contributed by atoms with Crippen molar-refractivity contribution in [1.29, 1.82) is 0 Å². The van der Waals surface area contributed by atoms with Gasteiger partial charge in [0, 0.05) is 13.0 Å². The van der Waals surface area contributed by atoms with Crippen LogP contribution in [0, 0.1) is 6.54 Å². The predicted molar refractivity (Wildman–Crippen MR) is 35.4 cm³/mol. The van der Waals surface area contributed by atoms with E-state index in [9.17, 15) is 4.79 Å². The number of hydrogen-bond donors (Lipinski definition) is 0. The average molecular weight is 124 g/mol. The summed E-state index contributed by atoms with van der Waals surface area (Å²) in [6, 6.07) is 0. The number of carbonyl (C=O) groups excluding carboxylic acids is 1. The third kappa shape index (κ3) is 1.31. The van der Waals surface area contributed by atoms with E-state index in [0.29, 0.717) is 6.42 Å². The molecular formula is C7H10NO. The van der Waals surface area contributed by atoms with Crippen LogP contribution in [0.5, 0.6) is 0 Å². The van der Waals surface area contributed by atoms with Crippen molar-refractivity contribution >= 4 is 5.91 Å². The lowest BCUT2D eigenvalue weighted by atomic mass is 10.4. The van der Waals surface area contributed by atoms with Crippen LogP contribution in [0.3, 0.4) is 0 Å². The van der Waals surface area contributed by atoms with Crippen LogP contribution in [-0.2, 0) is 4.79 Å². The number of rotatable bonds is 2. The number of likely N-dealkylation sites (tertiary alicyclic amines) is 1. The largest absolute Gasteiger partial charge is 0.334 e. The molecule has 0 aromatic carbocycles. The second kappa shape index (κ2) is 2.67. The van der Waals surface area contributed by atoms with Gasteiger partial charge in [-0.2, -0.15) is 0 Å². The van der Waals surface area contributed by atoms with Crippen molar-refractivity contribution in [2.75, 3.05) is 6.54 Å². The average Bonchev–Trinajstić information content (AvgIpc) is 2.18. The molecule has 1 radical (unpaired) electrons. The number of amides is 1. The second-order valence-electron chi connectivity index (χ2n) is 2.08. The first-order valence-electron chi connectivity index (χ1n) is 3.10. The number of carbonyl (C=O) groups is 1. The standard InChI is InChI=1S/C7H10NO/c1-2-5-8-6-3-4-7(8)9/h2,5H,1,3-4,6H2. The Morgan fingerprint density at radius 1 is 1.67 bits per heavy atom. The van der Waals surface area contributed by atoms with Gasteiger partial charge in [-0.15, -0.1) is 6.58 Å². The minimum absolute atomic E-state index is 0.218. The van der Waals surface area contributed by atoms with Crippen LogP contribution in [0.15, 0.2) is 12.7 Å². The quantitative estimate of drug-likeness (QED) is 0.537. The van der Waals surface area contributed by atoms with Gasteiger partial charge < -0.3 is 4.90 Å². The van der Waals surface area contributed by atoms with Crippen LogP contribution in [0.2, 0.25) is 0 Å². The first kappa shape index (κ1) is 6.33. The van der Waals surface area contributed by atoms with Gasteiger partial charge >= 0.3 is 0 Å². The van der Waals surface area contributed by atoms with E-state index in [1.807, 2.05) is 0 Å². The lowest BCUT2D eigenvalue weighted by Gasteiger charge is -2.09. The van der Waals surface area contributed by atoms with Crippen molar-refractivity contribution in [2.24, 2.45) is 0 Å². The van der Waals surface area contributed by atoms with E-state index in [-0.39, 0.29) is 5.91 Å². The molecule has 0 unspecified atom stereocenters. The van der Waals surface area contributed by atoms with Crippen LogP contribution < -0.4 is 0 Å². The number of hydrogen-bond acceptors (Lipinski definition) is 1. The maximum Gasteiger partial charge on any atom is 0.223 e. The molecule has 0 aliphatic carbocycles. The summed E-state index contributed by atoms with van der Waals surface area (Å²) in [5.41, 5.74) is 0. The topological polar surface area (TPSA) is 20.3 Å². The summed E-state index contributed by atoms with van der Waals surface area (Å²) in [5.74, 6) is 0.218. The normalized spacial score (nSPS) is 18.7. The lowest BCUT2D eigenvalue weighted by Crippen LogP contribution is -2.19. The molecule has 1 fully saturated rings. The summed E-state index contributed by atoms with van der Waals surface area (Å²) in [7, 11) is 0. The van der Waals surface area contributed by atoms with Crippen molar-refractivity contribution in [3.05, 3.63) is 19.2 Å². The third-order valence-corrected chi connectivity index (χ3v) is 1.40. The minimum Gasteiger partial charge on any atom is -0.334 e. The maximum absolute atomic E-state index is 10.8. The Bertz CT molecular complexity index is 131. The van der Waals surface area contributed by atoms with Crippen LogP contribution in [0.4, 0.5) is 0 Å². The van der Waals surface area contributed by atoms with E-state index in [2.05, 4.69) is 6.58 Å². The fourth-order valence-corrected chi connectivity index (χ4v) is 0.954. The molecule has 1 amide bonds. The summed E-state index contributed by atoms with van der Waals surface area (Å²) < 4.78 is 0. The highest BCUT2D eigenvalue weighted by Gasteiger charge is 2.17. The molecule has 0 aromatic rings. The summed E-state index contributed by atoms with van der Waals surface area (Å²) >= 11 is 0. The molecule has 1 saturated heterocycles. The monoisotopic (exact) mass is 124 g/mol. The van der Waals surface area contributed by atoms with Gasteiger partial charge in [0.2, 0.25) is 5.91 Å². The van der Waals surface area contributed by atoms with Crippen molar-refractivity contribution in [2.45, 2.75) is 12.8 Å². The van der Waals surface area contributed by atoms with E-state index in [1.165, 1.54) is 0 Å². The van der Waals surface area contributed by atoms with E-state index in [4.69, 9.17) is 0 Å². The van der Waals surface area contributed by atoms with Gasteiger partial charge in [-0.3, -0.25) is 4.79 Å². The van der Waals surface area contributed by atoms with E-state index in [0.717, 1.165) is 13.0 Å². The third-order valence-electron chi connectivity index (χ3n) is 1.40. The second-order valence-corrected chi connectivity index (χ2v) is 2.08. The Hall–Kier alpha value is -0.790. The first-order valence-corrected chi connectivity index (χ1v) is 3.10. The fourth-order valence-electron chi connectivity index (χ4n) is 0.954. The Balaban J connectivity index is 2.39. The van der Waals surface area contributed by atoms with Crippen molar-refractivity contribution in [3.8, 4) is 0 Å². The van der Waals surface area contributed by atoms with Gasteiger partial charge in [0.05, 0.1) is 6.54 Å². The van der Waals surface area contributed by atoms with Crippen molar-refractivity contribution in [1.82, 2.24) is 4.90 Å². The molecule has 0 N–H and O–H groups in total. The Kier molecular flexibility index (Phi) is 1.88.